The lowest BCUT2D eigenvalue weighted by atomic mass is 10.0. The zero-order chi connectivity index (χ0) is 19.3. The fourth-order valence-electron chi connectivity index (χ4n) is 3.23. The van der Waals surface area contributed by atoms with Crippen LogP contribution in [0.15, 0.2) is 66.7 Å². The van der Waals surface area contributed by atoms with Crippen molar-refractivity contribution >= 4 is 23.0 Å². The van der Waals surface area contributed by atoms with E-state index in [2.05, 4.69) is 40.7 Å². The summed E-state index contributed by atoms with van der Waals surface area (Å²) in [5.74, 6) is 1.64. The van der Waals surface area contributed by atoms with Crippen LogP contribution in [0.5, 0.6) is 5.75 Å². The standard InChI is InChI=1S/C22H22N4OS/c1-2-14-27-20-13-12-16-8-6-7-11-18(16)19(20)15-23-26-21(24-25-22(26)28)17-9-4-3-5-10-17/h3-13,23H,2,14-15H2,1H3,(H,25,28). The average molecular weight is 391 g/mol. The number of aromatic nitrogens is 3. The molecule has 0 spiro atoms. The molecule has 5 nitrogen and oxygen atoms in total. The Labute approximate surface area is 169 Å². The number of aromatic amines is 1. The molecule has 4 rings (SSSR count). The number of benzene rings is 3. The summed E-state index contributed by atoms with van der Waals surface area (Å²) in [7, 11) is 0. The fraction of sp³-hybridized carbons (Fsp3) is 0.182. The van der Waals surface area contributed by atoms with Gasteiger partial charge in [0.15, 0.2) is 5.82 Å². The van der Waals surface area contributed by atoms with Crippen LogP contribution in [0.1, 0.15) is 18.9 Å². The molecule has 0 unspecified atom stereocenters. The summed E-state index contributed by atoms with van der Waals surface area (Å²) >= 11 is 5.44. The van der Waals surface area contributed by atoms with Gasteiger partial charge in [-0.25, -0.2) is 9.77 Å². The molecule has 3 aromatic carbocycles. The molecular weight excluding hydrogens is 368 g/mol. The van der Waals surface area contributed by atoms with E-state index in [1.165, 1.54) is 10.8 Å². The van der Waals surface area contributed by atoms with Crippen molar-refractivity contribution in [2.75, 3.05) is 12.0 Å². The van der Waals surface area contributed by atoms with E-state index in [4.69, 9.17) is 17.0 Å². The van der Waals surface area contributed by atoms with Crippen molar-refractivity contribution in [1.29, 1.82) is 0 Å². The quantitative estimate of drug-likeness (QED) is 0.421. The summed E-state index contributed by atoms with van der Waals surface area (Å²) < 4.78 is 8.35. The molecule has 0 aliphatic carbocycles. The largest absolute Gasteiger partial charge is 0.493 e. The predicted molar refractivity (Wildman–Crippen MR) is 116 cm³/mol. The van der Waals surface area contributed by atoms with Gasteiger partial charge in [-0.2, -0.15) is 5.10 Å². The molecule has 1 heterocycles. The number of nitrogens with zero attached hydrogens (tertiary/aromatic N) is 2. The fourth-order valence-corrected chi connectivity index (χ4v) is 3.42. The first-order valence-corrected chi connectivity index (χ1v) is 9.79. The maximum atomic E-state index is 6.01. The average Bonchev–Trinajstić information content (AvgIpc) is 3.11. The van der Waals surface area contributed by atoms with Crippen LogP contribution >= 0.6 is 12.2 Å². The van der Waals surface area contributed by atoms with E-state index in [1.54, 1.807) is 0 Å². The van der Waals surface area contributed by atoms with Gasteiger partial charge in [0.25, 0.3) is 0 Å². The second-order valence-corrected chi connectivity index (χ2v) is 6.89. The number of rotatable bonds is 7. The van der Waals surface area contributed by atoms with Gasteiger partial charge in [-0.05, 0) is 35.5 Å². The Morgan fingerprint density at radius 1 is 1.04 bits per heavy atom. The molecule has 142 valence electrons. The van der Waals surface area contributed by atoms with Crippen molar-refractivity contribution in [2.24, 2.45) is 0 Å². The van der Waals surface area contributed by atoms with E-state index in [9.17, 15) is 0 Å². The summed E-state index contributed by atoms with van der Waals surface area (Å²) in [5.41, 5.74) is 5.52. The van der Waals surface area contributed by atoms with E-state index in [0.29, 0.717) is 17.9 Å². The highest BCUT2D eigenvalue weighted by atomic mass is 32.1. The number of H-pyrrole nitrogens is 1. The van der Waals surface area contributed by atoms with Crippen molar-refractivity contribution in [2.45, 2.75) is 19.9 Å². The molecule has 6 heteroatoms. The first-order chi connectivity index (χ1) is 13.8. The van der Waals surface area contributed by atoms with Crippen molar-refractivity contribution < 1.29 is 4.74 Å². The monoisotopic (exact) mass is 390 g/mol. The van der Waals surface area contributed by atoms with Crippen LogP contribution in [0.4, 0.5) is 0 Å². The number of hydrogen-bond donors (Lipinski definition) is 2. The SMILES string of the molecule is CCCOc1ccc2ccccc2c1CNn1c(-c2ccccc2)n[nH]c1=S. The van der Waals surface area contributed by atoms with Crippen LogP contribution in [-0.4, -0.2) is 21.5 Å². The second kappa shape index (κ2) is 8.27. The van der Waals surface area contributed by atoms with E-state index >= 15 is 0 Å². The molecule has 0 amide bonds. The van der Waals surface area contributed by atoms with E-state index in [-0.39, 0.29) is 0 Å². The highest BCUT2D eigenvalue weighted by molar-refractivity contribution is 7.71. The number of nitrogens with one attached hydrogen (secondary N) is 2. The third kappa shape index (κ3) is 3.64. The molecule has 1 aromatic heterocycles. The first kappa shape index (κ1) is 18.3. The Morgan fingerprint density at radius 3 is 2.64 bits per heavy atom. The molecule has 0 fully saturated rings. The molecular formula is C22H22N4OS. The van der Waals surface area contributed by atoms with Crippen LogP contribution in [0.2, 0.25) is 0 Å². The summed E-state index contributed by atoms with van der Waals surface area (Å²) in [6.07, 6.45) is 0.963. The molecule has 0 aliphatic heterocycles. The van der Waals surface area contributed by atoms with Crippen molar-refractivity contribution in [3.8, 4) is 17.1 Å². The van der Waals surface area contributed by atoms with Gasteiger partial charge < -0.3 is 10.2 Å². The van der Waals surface area contributed by atoms with E-state index in [0.717, 1.165) is 29.1 Å². The number of hydrogen-bond acceptors (Lipinski definition) is 4. The van der Waals surface area contributed by atoms with Crippen LogP contribution in [0.25, 0.3) is 22.2 Å². The lowest BCUT2D eigenvalue weighted by Crippen LogP contribution is -2.17. The van der Waals surface area contributed by atoms with Crippen molar-refractivity contribution in [3.63, 3.8) is 0 Å². The molecule has 28 heavy (non-hydrogen) atoms. The smallest absolute Gasteiger partial charge is 0.214 e. The molecule has 0 atom stereocenters. The maximum Gasteiger partial charge on any atom is 0.214 e. The third-order valence-corrected chi connectivity index (χ3v) is 4.85. The number of ether oxygens (including phenoxy) is 1. The van der Waals surface area contributed by atoms with E-state index in [1.807, 2.05) is 53.2 Å². The van der Waals surface area contributed by atoms with Crippen molar-refractivity contribution in [1.82, 2.24) is 14.9 Å². The molecule has 2 N–H and O–H groups in total. The topological polar surface area (TPSA) is 54.9 Å². The normalized spacial score (nSPS) is 10.9. The van der Waals surface area contributed by atoms with Gasteiger partial charge in [-0.3, -0.25) is 0 Å². The summed E-state index contributed by atoms with van der Waals surface area (Å²) in [5, 5.41) is 9.61. The van der Waals surface area contributed by atoms with Gasteiger partial charge in [0.05, 0.1) is 13.2 Å². The summed E-state index contributed by atoms with van der Waals surface area (Å²) in [6, 6.07) is 22.4. The van der Waals surface area contributed by atoms with Crippen molar-refractivity contribution in [3.05, 3.63) is 77.1 Å². The lowest BCUT2D eigenvalue weighted by molar-refractivity contribution is 0.315. The summed E-state index contributed by atoms with van der Waals surface area (Å²) in [4.78, 5) is 0. The Bertz CT molecular complexity index is 1130. The van der Waals surface area contributed by atoms with Gasteiger partial charge in [0, 0.05) is 11.1 Å². The van der Waals surface area contributed by atoms with Crippen LogP contribution in [0, 0.1) is 4.77 Å². The Balaban J connectivity index is 1.70. The highest BCUT2D eigenvalue weighted by Crippen LogP contribution is 2.29. The number of fused-ring (bicyclic) bond motifs is 1. The minimum atomic E-state index is 0.523. The van der Waals surface area contributed by atoms with Gasteiger partial charge in [0.2, 0.25) is 4.77 Å². The van der Waals surface area contributed by atoms with Crippen LogP contribution in [0.3, 0.4) is 0 Å². The Kier molecular flexibility index (Phi) is 5.39. The Morgan fingerprint density at radius 2 is 1.82 bits per heavy atom. The molecule has 0 saturated carbocycles. The van der Waals surface area contributed by atoms with Gasteiger partial charge in [-0.1, -0.05) is 67.6 Å². The first-order valence-electron chi connectivity index (χ1n) is 9.38. The third-order valence-electron chi connectivity index (χ3n) is 4.58. The molecule has 0 radical (unpaired) electrons. The van der Waals surface area contributed by atoms with Gasteiger partial charge in [0.1, 0.15) is 5.75 Å². The Hall–Kier alpha value is -3.12. The lowest BCUT2D eigenvalue weighted by Gasteiger charge is -2.16. The molecule has 0 bridgehead atoms. The molecule has 4 aromatic rings. The second-order valence-electron chi connectivity index (χ2n) is 6.50. The van der Waals surface area contributed by atoms with Crippen LogP contribution in [-0.2, 0) is 6.54 Å². The molecule has 0 aliphatic rings. The predicted octanol–water partition coefficient (Wildman–Crippen LogP) is 5.29. The minimum absolute atomic E-state index is 0.523. The molecule has 0 saturated heterocycles. The van der Waals surface area contributed by atoms with Crippen LogP contribution < -0.4 is 10.2 Å². The highest BCUT2D eigenvalue weighted by Gasteiger charge is 2.12. The van der Waals surface area contributed by atoms with Gasteiger partial charge >= 0.3 is 0 Å². The zero-order valence-electron chi connectivity index (χ0n) is 15.7. The maximum absolute atomic E-state index is 6.01. The summed E-state index contributed by atoms with van der Waals surface area (Å²) in [6.45, 7) is 3.36. The van der Waals surface area contributed by atoms with Gasteiger partial charge in [-0.15, -0.1) is 0 Å². The van der Waals surface area contributed by atoms with E-state index < -0.39 is 0 Å². The minimum Gasteiger partial charge on any atom is -0.493 e. The zero-order valence-corrected chi connectivity index (χ0v) is 16.5.